The molecular formula is C31H35F4N5O4S. The van der Waals surface area contributed by atoms with Gasteiger partial charge < -0.3 is 24.7 Å². The van der Waals surface area contributed by atoms with Crippen LogP contribution in [0.3, 0.4) is 0 Å². The summed E-state index contributed by atoms with van der Waals surface area (Å²) < 4.78 is 111. The van der Waals surface area contributed by atoms with Crippen molar-refractivity contribution in [2.24, 2.45) is 5.92 Å². The van der Waals surface area contributed by atoms with E-state index >= 15 is 0 Å². The van der Waals surface area contributed by atoms with Crippen molar-refractivity contribution < 1.29 is 39.6 Å². The highest BCUT2D eigenvalue weighted by Gasteiger charge is 2.32. The van der Waals surface area contributed by atoms with Crippen molar-refractivity contribution in [1.29, 1.82) is 0 Å². The fraction of sp³-hybridized carbons (Fsp3) is 0.452. The Morgan fingerprint density at radius 3 is 2.69 bits per heavy atom. The molecule has 1 saturated carbocycles. The van der Waals surface area contributed by atoms with Gasteiger partial charge in [0, 0.05) is 36.1 Å². The van der Waals surface area contributed by atoms with Crippen LogP contribution in [0.25, 0.3) is 5.52 Å². The largest absolute Gasteiger partial charge is 0.495 e. The first kappa shape index (κ1) is 28.5. The van der Waals surface area contributed by atoms with Crippen LogP contribution in [0.15, 0.2) is 42.6 Å². The van der Waals surface area contributed by atoms with E-state index in [0.717, 1.165) is 18.9 Å². The van der Waals surface area contributed by atoms with Crippen molar-refractivity contribution in [3.8, 4) is 17.6 Å². The summed E-state index contributed by atoms with van der Waals surface area (Å²) in [6, 6.07) is 7.91. The number of benzene rings is 1. The Balaban J connectivity index is 1.37. The van der Waals surface area contributed by atoms with Crippen LogP contribution in [-0.4, -0.2) is 81.5 Å². The van der Waals surface area contributed by atoms with Crippen molar-refractivity contribution >= 4 is 32.8 Å². The third kappa shape index (κ3) is 8.40. The fourth-order valence-corrected chi connectivity index (χ4v) is 6.72. The Labute approximate surface area is 263 Å². The Morgan fingerprint density at radius 1 is 1.18 bits per heavy atom. The number of halogens is 4. The number of nitrogens with one attached hydrogen (secondary N) is 3. The van der Waals surface area contributed by atoms with Crippen LogP contribution >= 0.6 is 0 Å². The summed E-state index contributed by atoms with van der Waals surface area (Å²) in [5.74, 6) is 4.08. The molecule has 0 radical (unpaired) electrons. The van der Waals surface area contributed by atoms with E-state index in [0.29, 0.717) is 24.2 Å². The molecule has 5 rings (SSSR count). The molecule has 14 heteroatoms. The Bertz CT molecular complexity index is 1840. The topological polar surface area (TPSA) is 104 Å². The van der Waals surface area contributed by atoms with Crippen molar-refractivity contribution in [3.63, 3.8) is 0 Å². The van der Waals surface area contributed by atoms with E-state index in [1.54, 1.807) is 12.1 Å². The molecule has 2 atom stereocenters. The number of pyridine rings is 1. The van der Waals surface area contributed by atoms with Gasteiger partial charge in [0.15, 0.2) is 0 Å². The number of aromatic nitrogens is 1. The van der Waals surface area contributed by atoms with Crippen molar-refractivity contribution in [3.05, 3.63) is 59.4 Å². The predicted molar refractivity (Wildman–Crippen MR) is 164 cm³/mol. The molecule has 1 aliphatic carbocycles. The smallest absolute Gasteiger partial charge is 0.394 e. The summed E-state index contributed by atoms with van der Waals surface area (Å²) in [5, 5.41) is 6.01. The van der Waals surface area contributed by atoms with E-state index < -0.39 is 47.8 Å². The molecule has 3 N–H and O–H groups in total. The molecule has 3 aromatic rings. The van der Waals surface area contributed by atoms with Crippen LogP contribution in [0.5, 0.6) is 5.75 Å². The quantitative estimate of drug-likeness (QED) is 0.220. The first-order valence-corrected chi connectivity index (χ1v) is 16.0. The van der Waals surface area contributed by atoms with Crippen LogP contribution in [0, 0.1) is 17.8 Å². The molecule has 3 heterocycles. The van der Waals surface area contributed by atoms with Crippen LogP contribution < -0.4 is 20.1 Å². The Morgan fingerprint density at radius 2 is 1.98 bits per heavy atom. The summed E-state index contributed by atoms with van der Waals surface area (Å²) in [6.45, 7) is 0.741. The lowest BCUT2D eigenvalue weighted by molar-refractivity contribution is -0.128. The molecule has 1 saturated heterocycles. The Kier molecular flexibility index (Phi) is 8.35. The molecule has 0 bridgehead atoms. The molecule has 2 aliphatic rings. The molecule has 0 spiro atoms. The predicted octanol–water partition coefficient (Wildman–Crippen LogP) is 4.44. The van der Waals surface area contributed by atoms with Crippen molar-refractivity contribution in [2.75, 3.05) is 50.1 Å². The number of anilines is 2. The lowest BCUT2D eigenvalue weighted by Gasteiger charge is -2.33. The van der Waals surface area contributed by atoms with Crippen molar-refractivity contribution in [1.82, 2.24) is 14.0 Å². The number of alkyl halides is 4. The number of hydrogen-bond donors (Lipinski definition) is 3. The summed E-state index contributed by atoms with van der Waals surface area (Å²) in [6.07, 6.45) is -3.45. The van der Waals surface area contributed by atoms with E-state index in [2.05, 4.69) is 22.5 Å². The van der Waals surface area contributed by atoms with Gasteiger partial charge in [0.05, 0.1) is 52.8 Å². The lowest BCUT2D eigenvalue weighted by Crippen LogP contribution is -2.46. The fourth-order valence-electron chi connectivity index (χ4n) is 5.28. The SMILES string of the molecule is [2H]C([2H])([2H])Oc1cc(C(=O)NS(=O)(=O)CC2CC2)ccc1NCC#Cc1cc2c(N[C@@H]3CCN(C)C[C@@H]3F)cccn2c1CC(F)(F)F. The molecule has 0 unspecified atom stereocenters. The zero-order valence-corrected chi connectivity index (χ0v) is 25.2. The number of sulfonamides is 1. The summed E-state index contributed by atoms with van der Waals surface area (Å²) >= 11 is 0. The number of nitrogens with zero attached hydrogens (tertiary/aromatic N) is 2. The summed E-state index contributed by atoms with van der Waals surface area (Å²) in [7, 11) is -4.99. The molecule has 9 nitrogen and oxygen atoms in total. The van der Waals surface area contributed by atoms with Crippen LogP contribution in [0.4, 0.5) is 28.9 Å². The highest BCUT2D eigenvalue weighted by atomic mass is 32.2. The van der Waals surface area contributed by atoms with E-state index in [4.69, 9.17) is 8.85 Å². The number of fused-ring (bicyclic) bond motifs is 1. The highest BCUT2D eigenvalue weighted by Crippen LogP contribution is 2.32. The van der Waals surface area contributed by atoms with Crippen LogP contribution in [0.2, 0.25) is 0 Å². The number of hydrogen-bond acceptors (Lipinski definition) is 7. The van der Waals surface area contributed by atoms with E-state index in [9.17, 15) is 30.8 Å². The summed E-state index contributed by atoms with van der Waals surface area (Å²) in [4.78, 5) is 14.5. The second kappa shape index (κ2) is 13.2. The van der Waals surface area contributed by atoms with Gasteiger partial charge in [0.25, 0.3) is 5.91 Å². The van der Waals surface area contributed by atoms with Crippen LogP contribution in [0.1, 0.15) is 45.0 Å². The van der Waals surface area contributed by atoms with Crippen molar-refractivity contribution in [2.45, 2.75) is 44.1 Å². The maximum absolute atomic E-state index is 14.8. The first-order valence-electron chi connectivity index (χ1n) is 15.9. The number of amides is 1. The van der Waals surface area contributed by atoms with Gasteiger partial charge >= 0.3 is 6.18 Å². The monoisotopic (exact) mass is 652 g/mol. The third-order valence-electron chi connectivity index (χ3n) is 7.71. The number of methoxy groups -OCH3 is 1. The van der Waals surface area contributed by atoms with Crippen LogP contribution in [-0.2, 0) is 16.4 Å². The van der Waals surface area contributed by atoms with Gasteiger partial charge in [-0.05, 0) is 68.6 Å². The molecule has 242 valence electrons. The minimum Gasteiger partial charge on any atom is -0.495 e. The number of carbonyl (C=O) groups is 1. The molecule has 2 fully saturated rings. The summed E-state index contributed by atoms with van der Waals surface area (Å²) in [5.41, 5.74) is 0.808. The molecule has 1 aromatic carbocycles. The zero-order valence-electron chi connectivity index (χ0n) is 27.4. The first-order chi connectivity index (χ1) is 22.5. The molecule has 2 aromatic heterocycles. The molecule has 1 aliphatic heterocycles. The molecular weight excluding hydrogens is 614 g/mol. The second-order valence-corrected chi connectivity index (χ2v) is 13.2. The van der Waals surface area contributed by atoms with Gasteiger partial charge in [-0.2, -0.15) is 13.2 Å². The standard InChI is InChI=1S/C31H35F4N5O4S/c1-39-14-11-24(23(32)18-39)37-25-6-4-13-40-27(25)15-21(28(40)17-31(33,34)35)5-3-12-36-26-10-9-22(16-29(26)44-2)30(41)38-45(42,43)19-20-7-8-20/h4,6,9-10,13,15-16,20,23-24,36-37H,7-8,11-12,14,17-19H2,1-2H3,(H,38,41)/t23-,24+/m0/s1/i2D3. The Hall–Kier alpha value is -3.96. The molecule has 1 amide bonds. The van der Waals surface area contributed by atoms with Gasteiger partial charge in [-0.3, -0.25) is 4.79 Å². The van der Waals surface area contributed by atoms with Gasteiger partial charge in [0.2, 0.25) is 10.0 Å². The maximum atomic E-state index is 14.8. The third-order valence-corrected chi connectivity index (χ3v) is 9.12. The van der Waals surface area contributed by atoms with E-state index in [1.807, 2.05) is 16.7 Å². The average Bonchev–Trinajstić information content (AvgIpc) is 3.70. The highest BCUT2D eigenvalue weighted by molar-refractivity contribution is 7.90. The van der Waals surface area contributed by atoms with Gasteiger partial charge in [-0.25, -0.2) is 17.5 Å². The zero-order chi connectivity index (χ0) is 34.9. The minimum atomic E-state index is -4.54. The van der Waals surface area contributed by atoms with E-state index in [-0.39, 0.29) is 53.0 Å². The van der Waals surface area contributed by atoms with E-state index in [1.165, 1.54) is 28.8 Å². The lowest BCUT2D eigenvalue weighted by atomic mass is 10.0. The second-order valence-electron chi connectivity index (χ2n) is 11.4. The molecule has 45 heavy (non-hydrogen) atoms. The number of rotatable bonds is 10. The number of likely N-dealkylation sites (tertiary alicyclic amines) is 1. The minimum absolute atomic E-state index is 0.000692. The maximum Gasteiger partial charge on any atom is 0.394 e. The van der Waals surface area contributed by atoms with Gasteiger partial charge in [-0.1, -0.05) is 11.8 Å². The van der Waals surface area contributed by atoms with Gasteiger partial charge in [-0.15, -0.1) is 0 Å². The number of carbonyl (C=O) groups excluding carboxylic acids is 1. The number of piperidine rings is 1. The van der Waals surface area contributed by atoms with Gasteiger partial charge in [0.1, 0.15) is 11.9 Å². The normalized spacial score (nSPS) is 20.3. The average molecular weight is 653 g/mol. The number of ether oxygens (including phenoxy) is 1.